The van der Waals surface area contributed by atoms with E-state index >= 15 is 0 Å². The first-order valence-electron chi connectivity index (χ1n) is 5.30. The standard InChI is InChI=1S/C10H18BrF2NO3/c1-16-7-5-14(4-3-11)10(15)2-6-17-8-9(12)13/h9H,2-8H2,1H3. The Morgan fingerprint density at radius 1 is 1.35 bits per heavy atom. The summed E-state index contributed by atoms with van der Waals surface area (Å²) in [5.41, 5.74) is 0. The number of halogens is 3. The number of ether oxygens (including phenoxy) is 2. The number of nitrogens with zero attached hydrogens (tertiary/aromatic N) is 1. The van der Waals surface area contributed by atoms with Crippen molar-refractivity contribution in [3.63, 3.8) is 0 Å². The second kappa shape index (κ2) is 10.9. The molecule has 0 spiro atoms. The van der Waals surface area contributed by atoms with E-state index in [1.165, 1.54) is 0 Å². The fraction of sp³-hybridized carbons (Fsp3) is 0.900. The van der Waals surface area contributed by atoms with Crippen molar-refractivity contribution in [3.8, 4) is 0 Å². The van der Waals surface area contributed by atoms with Gasteiger partial charge in [-0.15, -0.1) is 0 Å². The van der Waals surface area contributed by atoms with Gasteiger partial charge in [0.15, 0.2) is 0 Å². The highest BCUT2D eigenvalue weighted by Gasteiger charge is 2.12. The smallest absolute Gasteiger partial charge is 0.261 e. The molecule has 0 saturated carbocycles. The highest BCUT2D eigenvalue weighted by atomic mass is 79.9. The number of methoxy groups -OCH3 is 1. The summed E-state index contributed by atoms with van der Waals surface area (Å²) in [5.74, 6) is -0.115. The molecule has 0 N–H and O–H groups in total. The van der Waals surface area contributed by atoms with Crippen LogP contribution in [0.15, 0.2) is 0 Å². The summed E-state index contributed by atoms with van der Waals surface area (Å²) in [5, 5.41) is 0.667. The fourth-order valence-electron chi connectivity index (χ4n) is 1.15. The van der Waals surface area contributed by atoms with Crippen LogP contribution in [-0.4, -0.2) is 62.6 Å². The molecule has 0 aromatic carbocycles. The van der Waals surface area contributed by atoms with E-state index in [2.05, 4.69) is 20.7 Å². The van der Waals surface area contributed by atoms with Crippen LogP contribution in [0.2, 0.25) is 0 Å². The van der Waals surface area contributed by atoms with Crippen LogP contribution in [0, 0.1) is 0 Å². The predicted molar refractivity (Wildman–Crippen MR) is 63.7 cm³/mol. The zero-order valence-corrected chi connectivity index (χ0v) is 11.4. The van der Waals surface area contributed by atoms with E-state index in [1.54, 1.807) is 12.0 Å². The lowest BCUT2D eigenvalue weighted by atomic mass is 10.3. The van der Waals surface area contributed by atoms with Gasteiger partial charge >= 0.3 is 0 Å². The lowest BCUT2D eigenvalue weighted by Crippen LogP contribution is -2.36. The van der Waals surface area contributed by atoms with Gasteiger partial charge in [-0.25, -0.2) is 8.78 Å². The van der Waals surface area contributed by atoms with Gasteiger partial charge in [0.1, 0.15) is 6.61 Å². The SMILES string of the molecule is COCCN(CCBr)C(=O)CCOCC(F)F. The molecule has 0 bridgehead atoms. The fourth-order valence-corrected chi connectivity index (χ4v) is 1.58. The highest BCUT2D eigenvalue weighted by molar-refractivity contribution is 9.09. The summed E-state index contributed by atoms with van der Waals surface area (Å²) >= 11 is 3.25. The Kier molecular flexibility index (Phi) is 10.7. The molecular weight excluding hydrogens is 300 g/mol. The minimum Gasteiger partial charge on any atom is -0.383 e. The van der Waals surface area contributed by atoms with Crippen molar-refractivity contribution in [2.75, 3.05) is 45.4 Å². The van der Waals surface area contributed by atoms with Gasteiger partial charge < -0.3 is 14.4 Å². The van der Waals surface area contributed by atoms with Crippen molar-refractivity contribution in [2.45, 2.75) is 12.8 Å². The molecule has 0 aromatic rings. The Bertz CT molecular complexity index is 208. The Morgan fingerprint density at radius 2 is 2.06 bits per heavy atom. The van der Waals surface area contributed by atoms with E-state index in [9.17, 15) is 13.6 Å². The van der Waals surface area contributed by atoms with Crippen molar-refractivity contribution < 1.29 is 23.0 Å². The molecule has 102 valence electrons. The van der Waals surface area contributed by atoms with Gasteiger partial charge in [0.05, 0.1) is 19.6 Å². The molecule has 0 aliphatic carbocycles. The quantitative estimate of drug-likeness (QED) is 0.453. The number of amides is 1. The topological polar surface area (TPSA) is 38.8 Å². The lowest BCUT2D eigenvalue weighted by Gasteiger charge is -2.21. The zero-order valence-electron chi connectivity index (χ0n) is 9.83. The average Bonchev–Trinajstić information content (AvgIpc) is 2.29. The second-order valence-electron chi connectivity index (χ2n) is 3.28. The third kappa shape index (κ3) is 9.43. The number of rotatable bonds is 10. The molecule has 7 heteroatoms. The summed E-state index contributed by atoms with van der Waals surface area (Å²) in [6.07, 6.45) is -2.37. The van der Waals surface area contributed by atoms with Gasteiger partial charge in [-0.3, -0.25) is 4.79 Å². The summed E-state index contributed by atoms with van der Waals surface area (Å²) in [7, 11) is 1.56. The third-order valence-electron chi connectivity index (χ3n) is 1.98. The molecule has 0 aliphatic rings. The molecule has 0 aromatic heterocycles. The lowest BCUT2D eigenvalue weighted by molar-refractivity contribution is -0.133. The van der Waals surface area contributed by atoms with Crippen LogP contribution in [0.1, 0.15) is 6.42 Å². The van der Waals surface area contributed by atoms with E-state index in [4.69, 9.17) is 4.74 Å². The summed E-state index contributed by atoms with van der Waals surface area (Å²) in [6.45, 7) is 0.919. The van der Waals surface area contributed by atoms with Crippen molar-refractivity contribution in [3.05, 3.63) is 0 Å². The first-order chi connectivity index (χ1) is 8.11. The molecule has 0 fully saturated rings. The van der Waals surface area contributed by atoms with Crippen LogP contribution >= 0.6 is 15.9 Å². The number of carbonyl (C=O) groups excluding carboxylic acids is 1. The maximum atomic E-state index is 11.8. The van der Waals surface area contributed by atoms with Gasteiger partial charge in [-0.1, -0.05) is 15.9 Å². The largest absolute Gasteiger partial charge is 0.383 e. The first-order valence-corrected chi connectivity index (χ1v) is 6.42. The monoisotopic (exact) mass is 317 g/mol. The minimum absolute atomic E-state index is 0.0228. The molecule has 0 aliphatic heterocycles. The van der Waals surface area contributed by atoms with Gasteiger partial charge in [-0.05, 0) is 0 Å². The van der Waals surface area contributed by atoms with Crippen molar-refractivity contribution in [1.29, 1.82) is 0 Å². The molecular formula is C10H18BrF2NO3. The van der Waals surface area contributed by atoms with Gasteiger partial charge in [0.2, 0.25) is 5.91 Å². The van der Waals surface area contributed by atoms with E-state index < -0.39 is 13.0 Å². The third-order valence-corrected chi connectivity index (χ3v) is 2.33. The van der Waals surface area contributed by atoms with Gasteiger partial charge in [0.25, 0.3) is 6.43 Å². The zero-order chi connectivity index (χ0) is 13.1. The molecule has 0 radical (unpaired) electrons. The van der Waals surface area contributed by atoms with Crippen LogP contribution in [0.25, 0.3) is 0 Å². The number of hydrogen-bond acceptors (Lipinski definition) is 3. The van der Waals surface area contributed by atoms with Crippen LogP contribution in [0.5, 0.6) is 0 Å². The Balaban J connectivity index is 3.80. The number of hydrogen-bond donors (Lipinski definition) is 0. The number of alkyl halides is 3. The molecule has 0 heterocycles. The van der Waals surface area contributed by atoms with E-state index in [1.807, 2.05) is 0 Å². The second-order valence-corrected chi connectivity index (χ2v) is 4.07. The molecule has 0 saturated heterocycles. The molecule has 4 nitrogen and oxygen atoms in total. The molecule has 1 amide bonds. The maximum Gasteiger partial charge on any atom is 0.261 e. The van der Waals surface area contributed by atoms with E-state index in [0.717, 1.165) is 0 Å². The van der Waals surface area contributed by atoms with Gasteiger partial charge in [0, 0.05) is 25.5 Å². The first kappa shape index (κ1) is 16.7. The Hall–Kier alpha value is -0.270. The van der Waals surface area contributed by atoms with Crippen LogP contribution in [-0.2, 0) is 14.3 Å². The van der Waals surface area contributed by atoms with Gasteiger partial charge in [-0.2, -0.15) is 0 Å². The van der Waals surface area contributed by atoms with E-state index in [-0.39, 0.29) is 18.9 Å². The van der Waals surface area contributed by atoms with Crippen molar-refractivity contribution in [2.24, 2.45) is 0 Å². The minimum atomic E-state index is -2.49. The Morgan fingerprint density at radius 3 is 2.59 bits per heavy atom. The molecule has 0 unspecified atom stereocenters. The van der Waals surface area contributed by atoms with Crippen LogP contribution in [0.4, 0.5) is 8.78 Å². The maximum absolute atomic E-state index is 11.8. The molecule has 0 atom stereocenters. The van der Waals surface area contributed by atoms with Crippen LogP contribution < -0.4 is 0 Å². The van der Waals surface area contributed by atoms with Crippen molar-refractivity contribution >= 4 is 21.8 Å². The normalized spacial score (nSPS) is 10.9. The van der Waals surface area contributed by atoms with Crippen molar-refractivity contribution in [1.82, 2.24) is 4.90 Å². The summed E-state index contributed by atoms with van der Waals surface area (Å²) in [6, 6.07) is 0. The van der Waals surface area contributed by atoms with E-state index in [0.29, 0.717) is 25.0 Å². The predicted octanol–water partition coefficient (Wildman–Crippen LogP) is 1.53. The number of carbonyl (C=O) groups is 1. The highest BCUT2D eigenvalue weighted by Crippen LogP contribution is 1.99. The Labute approximate surface area is 108 Å². The molecule has 17 heavy (non-hydrogen) atoms. The molecule has 0 rings (SSSR count). The summed E-state index contributed by atoms with van der Waals surface area (Å²) in [4.78, 5) is 13.3. The average molecular weight is 318 g/mol. The summed E-state index contributed by atoms with van der Waals surface area (Å²) < 4.78 is 33.1. The van der Waals surface area contributed by atoms with Crippen LogP contribution in [0.3, 0.4) is 0 Å².